The molecule has 2 aromatic rings. The molecule has 1 heterocycles. The van der Waals surface area contributed by atoms with E-state index in [1.54, 1.807) is 23.1 Å². The largest absolute Gasteiger partial charge is 0.353 e. The lowest BCUT2D eigenvalue weighted by molar-refractivity contribution is 0.192. The first-order valence-corrected chi connectivity index (χ1v) is 7.77. The van der Waals surface area contributed by atoms with Gasteiger partial charge in [0.05, 0.1) is 22.3 Å². The van der Waals surface area contributed by atoms with Crippen molar-refractivity contribution in [3.8, 4) is 0 Å². The van der Waals surface area contributed by atoms with Crippen molar-refractivity contribution in [2.24, 2.45) is 7.05 Å². The molecule has 2 rings (SSSR count). The number of hydrogen-bond donors (Lipinski definition) is 1. The Hall–Kier alpha value is -1.65. The van der Waals surface area contributed by atoms with Gasteiger partial charge >= 0.3 is 6.03 Å². The summed E-state index contributed by atoms with van der Waals surface area (Å²) in [6.07, 6.45) is 1.96. The first kappa shape index (κ1) is 16.7. The normalized spacial score (nSPS) is 10.8. The van der Waals surface area contributed by atoms with Crippen LogP contribution in [-0.2, 0) is 13.6 Å². The quantitative estimate of drug-likeness (QED) is 0.855. The molecule has 0 aliphatic carbocycles. The van der Waals surface area contributed by atoms with E-state index in [4.69, 9.17) is 23.2 Å². The topological polar surface area (TPSA) is 37.3 Å². The van der Waals surface area contributed by atoms with Gasteiger partial charge in [0.2, 0.25) is 0 Å². The van der Waals surface area contributed by atoms with E-state index in [0.717, 1.165) is 5.69 Å². The minimum absolute atomic E-state index is 0.0381. The number of benzene rings is 1. The van der Waals surface area contributed by atoms with E-state index in [2.05, 4.69) is 5.32 Å². The molecule has 1 aromatic carbocycles. The summed E-state index contributed by atoms with van der Waals surface area (Å²) in [5, 5.41) is 3.65. The number of hydrogen-bond acceptors (Lipinski definition) is 1. The summed E-state index contributed by atoms with van der Waals surface area (Å²) in [5.74, 6) is 0. The van der Waals surface area contributed by atoms with Crippen LogP contribution < -0.4 is 5.32 Å². The summed E-state index contributed by atoms with van der Waals surface area (Å²) >= 11 is 12.2. The van der Waals surface area contributed by atoms with Gasteiger partial charge in [-0.25, -0.2) is 4.79 Å². The third kappa shape index (κ3) is 3.76. The fraction of sp³-hybridized carbons (Fsp3) is 0.312. The number of halogens is 2. The number of rotatable bonds is 4. The van der Waals surface area contributed by atoms with Crippen molar-refractivity contribution in [3.05, 3.63) is 52.3 Å². The summed E-state index contributed by atoms with van der Waals surface area (Å²) in [6, 6.07) is 8.88. The highest BCUT2D eigenvalue weighted by molar-refractivity contribution is 6.39. The summed E-state index contributed by atoms with van der Waals surface area (Å²) in [5.41, 5.74) is 1.49. The molecule has 0 aliphatic rings. The third-order valence-electron chi connectivity index (χ3n) is 3.46. The van der Waals surface area contributed by atoms with Crippen molar-refractivity contribution in [2.45, 2.75) is 26.4 Å². The Morgan fingerprint density at radius 1 is 1.23 bits per heavy atom. The maximum absolute atomic E-state index is 12.6. The van der Waals surface area contributed by atoms with Crippen LogP contribution in [0.25, 0.3) is 0 Å². The second-order valence-electron chi connectivity index (χ2n) is 5.36. The smallest absolute Gasteiger partial charge is 0.322 e. The maximum atomic E-state index is 12.6. The molecule has 6 heteroatoms. The number of carbonyl (C=O) groups is 1. The zero-order valence-corrected chi connectivity index (χ0v) is 14.3. The zero-order chi connectivity index (χ0) is 16.3. The average molecular weight is 340 g/mol. The molecule has 22 heavy (non-hydrogen) atoms. The van der Waals surface area contributed by atoms with Crippen molar-refractivity contribution in [2.75, 3.05) is 5.32 Å². The number of amides is 2. The molecule has 0 atom stereocenters. The van der Waals surface area contributed by atoms with Gasteiger partial charge < -0.3 is 14.8 Å². The number of nitrogens with zero attached hydrogens (tertiary/aromatic N) is 2. The molecule has 4 nitrogen and oxygen atoms in total. The van der Waals surface area contributed by atoms with Crippen LogP contribution >= 0.6 is 23.2 Å². The van der Waals surface area contributed by atoms with Gasteiger partial charge in [-0.15, -0.1) is 0 Å². The molecule has 0 radical (unpaired) electrons. The molecule has 0 saturated heterocycles. The van der Waals surface area contributed by atoms with E-state index in [0.29, 0.717) is 22.3 Å². The van der Waals surface area contributed by atoms with Crippen LogP contribution in [0.15, 0.2) is 36.5 Å². The number of aromatic nitrogens is 1. The van der Waals surface area contributed by atoms with Crippen molar-refractivity contribution < 1.29 is 4.79 Å². The summed E-state index contributed by atoms with van der Waals surface area (Å²) in [6.45, 7) is 4.45. The van der Waals surface area contributed by atoms with E-state index in [9.17, 15) is 4.79 Å². The van der Waals surface area contributed by atoms with E-state index < -0.39 is 0 Å². The molecular weight excluding hydrogens is 321 g/mol. The Morgan fingerprint density at radius 3 is 2.36 bits per heavy atom. The van der Waals surface area contributed by atoms with Gasteiger partial charge in [-0.3, -0.25) is 0 Å². The summed E-state index contributed by atoms with van der Waals surface area (Å²) in [7, 11) is 1.96. The molecule has 0 unspecified atom stereocenters. The highest BCUT2D eigenvalue weighted by atomic mass is 35.5. The van der Waals surface area contributed by atoms with Gasteiger partial charge in [0.25, 0.3) is 0 Å². The molecule has 118 valence electrons. The van der Waals surface area contributed by atoms with Gasteiger partial charge in [-0.1, -0.05) is 29.3 Å². The highest BCUT2D eigenvalue weighted by Crippen LogP contribution is 2.30. The number of anilines is 1. The summed E-state index contributed by atoms with van der Waals surface area (Å²) < 4.78 is 1.99. The number of nitrogens with one attached hydrogen (secondary N) is 1. The fourth-order valence-electron chi connectivity index (χ4n) is 2.12. The number of carbonyl (C=O) groups excluding carboxylic acids is 1. The van der Waals surface area contributed by atoms with E-state index in [1.807, 2.05) is 43.8 Å². The minimum Gasteiger partial charge on any atom is -0.353 e. The third-order valence-corrected chi connectivity index (χ3v) is 4.09. The number of aryl methyl sites for hydroxylation is 1. The first-order valence-electron chi connectivity index (χ1n) is 7.02. The van der Waals surface area contributed by atoms with Gasteiger partial charge in [0, 0.05) is 25.0 Å². The van der Waals surface area contributed by atoms with Crippen LogP contribution in [-0.4, -0.2) is 21.5 Å². The molecule has 0 bridgehead atoms. The van der Waals surface area contributed by atoms with Crippen LogP contribution in [0.1, 0.15) is 19.5 Å². The zero-order valence-electron chi connectivity index (χ0n) is 12.8. The lowest BCUT2D eigenvalue weighted by Gasteiger charge is -2.27. The number of para-hydroxylation sites is 1. The van der Waals surface area contributed by atoms with E-state index in [1.165, 1.54) is 0 Å². The molecule has 0 saturated carbocycles. The van der Waals surface area contributed by atoms with E-state index >= 15 is 0 Å². The SMILES string of the molecule is CC(C)N(Cc1cccn1C)C(=O)Nc1c(Cl)cccc1Cl. The number of urea groups is 1. The predicted molar refractivity (Wildman–Crippen MR) is 91.6 cm³/mol. The molecule has 1 N–H and O–H groups in total. The minimum atomic E-state index is -0.230. The van der Waals surface area contributed by atoms with Crippen molar-refractivity contribution in [1.82, 2.24) is 9.47 Å². The van der Waals surface area contributed by atoms with Crippen molar-refractivity contribution in [3.63, 3.8) is 0 Å². The molecule has 0 fully saturated rings. The summed E-state index contributed by atoms with van der Waals surface area (Å²) in [4.78, 5) is 14.3. The van der Waals surface area contributed by atoms with Gasteiger partial charge in [0.15, 0.2) is 0 Å². The Kier molecular flexibility index (Phi) is 5.37. The lowest BCUT2D eigenvalue weighted by atomic mass is 10.3. The first-order chi connectivity index (χ1) is 10.4. The molecule has 0 spiro atoms. The monoisotopic (exact) mass is 339 g/mol. The molecule has 2 amide bonds. The second kappa shape index (κ2) is 7.07. The molecule has 1 aromatic heterocycles. The van der Waals surface area contributed by atoms with Crippen LogP contribution in [0.2, 0.25) is 10.0 Å². The van der Waals surface area contributed by atoms with Gasteiger partial charge in [-0.05, 0) is 38.1 Å². The predicted octanol–water partition coefficient (Wildman–Crippen LogP) is 4.77. The average Bonchev–Trinajstić information content (AvgIpc) is 2.85. The van der Waals surface area contributed by atoms with Crippen LogP contribution in [0, 0.1) is 0 Å². The Labute approximate surface area is 140 Å². The van der Waals surface area contributed by atoms with Crippen molar-refractivity contribution in [1.29, 1.82) is 0 Å². The maximum Gasteiger partial charge on any atom is 0.322 e. The van der Waals surface area contributed by atoms with Crippen molar-refractivity contribution >= 4 is 34.9 Å². The van der Waals surface area contributed by atoms with E-state index in [-0.39, 0.29) is 12.1 Å². The Bertz CT molecular complexity index is 647. The lowest BCUT2D eigenvalue weighted by Crippen LogP contribution is -2.40. The standard InChI is InChI=1S/C16H19Cl2N3O/c1-11(2)21(10-12-6-5-9-20(12)3)16(22)19-15-13(17)7-4-8-14(15)18/h4-9,11H,10H2,1-3H3,(H,19,22). The van der Waals surface area contributed by atoms with Crippen LogP contribution in [0.4, 0.5) is 10.5 Å². The highest BCUT2D eigenvalue weighted by Gasteiger charge is 2.20. The second-order valence-corrected chi connectivity index (χ2v) is 6.17. The Balaban J connectivity index is 2.19. The van der Waals surface area contributed by atoms with Gasteiger partial charge in [-0.2, -0.15) is 0 Å². The van der Waals surface area contributed by atoms with Gasteiger partial charge in [0.1, 0.15) is 0 Å². The van der Waals surface area contributed by atoms with Crippen LogP contribution in [0.3, 0.4) is 0 Å². The fourth-order valence-corrected chi connectivity index (χ4v) is 2.61. The molecule has 0 aliphatic heterocycles. The van der Waals surface area contributed by atoms with Crippen LogP contribution in [0.5, 0.6) is 0 Å². The molecular formula is C16H19Cl2N3O. The Morgan fingerprint density at radius 2 is 1.86 bits per heavy atom.